The SMILES string of the molecule is Cn1cnc2c(c1=O)CCN(S(=O)(=O)c1ccc3c(c1)C(=O)NCC3)C2. The van der Waals surface area contributed by atoms with Crippen LogP contribution in [0, 0.1) is 0 Å². The molecule has 8 nitrogen and oxygen atoms in total. The lowest BCUT2D eigenvalue weighted by molar-refractivity contribution is 0.0945. The fraction of sp³-hybridized carbons (Fsp3) is 0.353. The zero-order valence-electron chi connectivity index (χ0n) is 14.2. The molecule has 4 rings (SSSR count). The number of fused-ring (bicyclic) bond motifs is 2. The van der Waals surface area contributed by atoms with E-state index in [2.05, 4.69) is 10.3 Å². The first kappa shape index (κ1) is 16.9. The molecule has 1 amide bonds. The lowest BCUT2D eigenvalue weighted by Gasteiger charge is -2.27. The summed E-state index contributed by atoms with van der Waals surface area (Å²) in [7, 11) is -2.16. The molecule has 0 saturated carbocycles. The van der Waals surface area contributed by atoms with Gasteiger partial charge in [0.2, 0.25) is 10.0 Å². The number of aryl methyl sites for hydroxylation is 1. The van der Waals surface area contributed by atoms with Gasteiger partial charge in [0.25, 0.3) is 11.5 Å². The summed E-state index contributed by atoms with van der Waals surface area (Å²) in [6, 6.07) is 4.68. The molecular formula is C17H18N4O4S. The number of amides is 1. The highest BCUT2D eigenvalue weighted by atomic mass is 32.2. The van der Waals surface area contributed by atoms with Gasteiger partial charge in [0.1, 0.15) is 0 Å². The Labute approximate surface area is 150 Å². The first-order valence-electron chi connectivity index (χ1n) is 8.32. The van der Waals surface area contributed by atoms with Crippen molar-refractivity contribution in [3.8, 4) is 0 Å². The summed E-state index contributed by atoms with van der Waals surface area (Å²) in [6.45, 7) is 0.818. The molecule has 1 N–H and O–H groups in total. The van der Waals surface area contributed by atoms with E-state index in [9.17, 15) is 18.0 Å². The fourth-order valence-electron chi connectivity index (χ4n) is 3.40. The molecule has 3 heterocycles. The van der Waals surface area contributed by atoms with Crippen molar-refractivity contribution in [2.45, 2.75) is 24.3 Å². The number of benzene rings is 1. The van der Waals surface area contributed by atoms with Crippen LogP contribution in [0.15, 0.2) is 34.2 Å². The number of hydrogen-bond donors (Lipinski definition) is 1. The van der Waals surface area contributed by atoms with E-state index >= 15 is 0 Å². The second kappa shape index (κ2) is 6.03. The molecule has 0 atom stereocenters. The highest BCUT2D eigenvalue weighted by Crippen LogP contribution is 2.25. The van der Waals surface area contributed by atoms with E-state index in [1.165, 1.54) is 21.3 Å². The molecule has 136 valence electrons. The first-order chi connectivity index (χ1) is 12.4. The Morgan fingerprint density at radius 1 is 1.19 bits per heavy atom. The van der Waals surface area contributed by atoms with Crippen molar-refractivity contribution < 1.29 is 13.2 Å². The van der Waals surface area contributed by atoms with Crippen LogP contribution in [0.25, 0.3) is 0 Å². The molecule has 1 aromatic heterocycles. The van der Waals surface area contributed by atoms with Crippen LogP contribution in [-0.2, 0) is 36.5 Å². The number of nitrogens with zero attached hydrogens (tertiary/aromatic N) is 3. The third kappa shape index (κ3) is 2.63. The van der Waals surface area contributed by atoms with E-state index in [-0.39, 0.29) is 29.5 Å². The van der Waals surface area contributed by atoms with Gasteiger partial charge in [-0.25, -0.2) is 13.4 Å². The summed E-state index contributed by atoms with van der Waals surface area (Å²) in [6.07, 6.45) is 2.41. The molecule has 0 radical (unpaired) electrons. The van der Waals surface area contributed by atoms with Crippen LogP contribution in [0.3, 0.4) is 0 Å². The number of rotatable bonds is 2. The minimum absolute atomic E-state index is 0.0526. The Hall–Kier alpha value is -2.52. The van der Waals surface area contributed by atoms with Gasteiger partial charge >= 0.3 is 0 Å². The molecule has 0 unspecified atom stereocenters. The van der Waals surface area contributed by atoms with Gasteiger partial charge in [-0.05, 0) is 30.5 Å². The Kier molecular flexibility index (Phi) is 3.92. The minimum Gasteiger partial charge on any atom is -0.352 e. The number of carbonyl (C=O) groups is 1. The monoisotopic (exact) mass is 374 g/mol. The van der Waals surface area contributed by atoms with Gasteiger partial charge in [-0.1, -0.05) is 6.07 Å². The molecule has 0 saturated heterocycles. The van der Waals surface area contributed by atoms with E-state index < -0.39 is 10.0 Å². The average Bonchev–Trinajstić information content (AvgIpc) is 2.64. The van der Waals surface area contributed by atoms with Crippen molar-refractivity contribution in [1.29, 1.82) is 0 Å². The Morgan fingerprint density at radius 2 is 2.00 bits per heavy atom. The van der Waals surface area contributed by atoms with Crippen LogP contribution in [0.2, 0.25) is 0 Å². The summed E-state index contributed by atoms with van der Waals surface area (Å²) in [5.41, 5.74) is 2.16. The first-order valence-corrected chi connectivity index (χ1v) is 9.76. The lowest BCUT2D eigenvalue weighted by atomic mass is 10.0. The van der Waals surface area contributed by atoms with Crippen molar-refractivity contribution in [1.82, 2.24) is 19.2 Å². The van der Waals surface area contributed by atoms with Gasteiger partial charge < -0.3 is 9.88 Å². The minimum atomic E-state index is -3.78. The maximum absolute atomic E-state index is 13.0. The summed E-state index contributed by atoms with van der Waals surface area (Å²) in [5.74, 6) is -0.252. The molecule has 2 aromatic rings. The van der Waals surface area contributed by atoms with Crippen LogP contribution in [-0.4, -0.2) is 41.3 Å². The van der Waals surface area contributed by atoms with E-state index in [4.69, 9.17) is 0 Å². The second-order valence-electron chi connectivity index (χ2n) is 6.50. The van der Waals surface area contributed by atoms with Gasteiger partial charge in [0.15, 0.2) is 0 Å². The predicted molar refractivity (Wildman–Crippen MR) is 93.3 cm³/mol. The number of nitrogens with one attached hydrogen (secondary N) is 1. The maximum Gasteiger partial charge on any atom is 0.256 e. The number of carbonyl (C=O) groups excluding carboxylic acids is 1. The smallest absolute Gasteiger partial charge is 0.256 e. The zero-order chi connectivity index (χ0) is 18.5. The second-order valence-corrected chi connectivity index (χ2v) is 8.44. The average molecular weight is 374 g/mol. The van der Waals surface area contributed by atoms with E-state index in [1.807, 2.05) is 0 Å². The third-order valence-corrected chi connectivity index (χ3v) is 6.74. The summed E-state index contributed by atoms with van der Waals surface area (Å²) in [4.78, 5) is 28.5. The van der Waals surface area contributed by atoms with Crippen LogP contribution in [0.5, 0.6) is 0 Å². The quantitative estimate of drug-likeness (QED) is 0.785. The van der Waals surface area contributed by atoms with Crippen LogP contribution < -0.4 is 10.9 Å². The molecule has 2 aliphatic rings. The van der Waals surface area contributed by atoms with Crippen LogP contribution >= 0.6 is 0 Å². The van der Waals surface area contributed by atoms with Crippen molar-refractivity contribution in [2.24, 2.45) is 7.05 Å². The van der Waals surface area contributed by atoms with Gasteiger partial charge in [-0.15, -0.1) is 0 Å². The zero-order valence-corrected chi connectivity index (χ0v) is 15.0. The van der Waals surface area contributed by atoms with Gasteiger partial charge in [0.05, 0.1) is 23.5 Å². The largest absolute Gasteiger partial charge is 0.352 e. The molecule has 1 aromatic carbocycles. The third-order valence-electron chi connectivity index (χ3n) is 4.89. The van der Waals surface area contributed by atoms with E-state index in [0.717, 1.165) is 5.56 Å². The predicted octanol–water partition coefficient (Wildman–Crippen LogP) is -0.187. The molecule has 26 heavy (non-hydrogen) atoms. The van der Waals surface area contributed by atoms with E-state index in [1.54, 1.807) is 19.2 Å². The highest BCUT2D eigenvalue weighted by molar-refractivity contribution is 7.89. The molecule has 0 spiro atoms. The Bertz CT molecular complexity index is 1070. The normalized spacial score (nSPS) is 17.3. The van der Waals surface area contributed by atoms with Crippen molar-refractivity contribution in [2.75, 3.05) is 13.1 Å². The summed E-state index contributed by atoms with van der Waals surface area (Å²) < 4.78 is 28.8. The molecule has 0 fully saturated rings. The maximum atomic E-state index is 13.0. The standard InChI is InChI=1S/C17H18N4O4S/c1-20-10-19-15-9-21(7-5-13(15)17(20)23)26(24,25)12-3-2-11-4-6-18-16(22)14(11)8-12/h2-3,8,10H,4-7,9H2,1H3,(H,18,22). The number of aromatic nitrogens is 2. The number of sulfonamides is 1. The van der Waals surface area contributed by atoms with Crippen molar-refractivity contribution in [3.63, 3.8) is 0 Å². The topological polar surface area (TPSA) is 101 Å². The fourth-order valence-corrected chi connectivity index (χ4v) is 4.83. The Morgan fingerprint density at radius 3 is 2.81 bits per heavy atom. The van der Waals surface area contributed by atoms with Crippen molar-refractivity contribution in [3.05, 3.63) is 57.3 Å². The number of hydrogen-bond acceptors (Lipinski definition) is 5. The van der Waals surface area contributed by atoms with E-state index in [0.29, 0.717) is 36.2 Å². The highest BCUT2D eigenvalue weighted by Gasteiger charge is 2.31. The molecule has 2 aliphatic heterocycles. The van der Waals surface area contributed by atoms with Gasteiger partial charge in [0, 0.05) is 31.3 Å². The van der Waals surface area contributed by atoms with Crippen LogP contribution in [0.1, 0.15) is 27.2 Å². The van der Waals surface area contributed by atoms with Gasteiger partial charge in [-0.2, -0.15) is 4.31 Å². The lowest BCUT2D eigenvalue weighted by Crippen LogP contribution is -2.40. The summed E-state index contributed by atoms with van der Waals surface area (Å²) >= 11 is 0. The molecule has 0 bridgehead atoms. The van der Waals surface area contributed by atoms with Crippen LogP contribution in [0.4, 0.5) is 0 Å². The molecule has 0 aliphatic carbocycles. The summed E-state index contributed by atoms with van der Waals surface area (Å²) in [5, 5.41) is 2.73. The molecule has 9 heteroatoms. The molecular weight excluding hydrogens is 356 g/mol. The Balaban J connectivity index is 1.70. The van der Waals surface area contributed by atoms with Crippen molar-refractivity contribution >= 4 is 15.9 Å². The van der Waals surface area contributed by atoms with Gasteiger partial charge in [-0.3, -0.25) is 9.59 Å².